The Balaban J connectivity index is 1.01. The summed E-state index contributed by atoms with van der Waals surface area (Å²) in [5.41, 5.74) is 3.94. The summed E-state index contributed by atoms with van der Waals surface area (Å²) in [6.45, 7) is 11.4. The molecule has 0 spiro atoms. The van der Waals surface area contributed by atoms with Crippen LogP contribution in [0.25, 0.3) is 0 Å². The molecule has 0 aromatic heterocycles. The Kier molecular flexibility index (Phi) is 8.40. The van der Waals surface area contributed by atoms with E-state index >= 15 is 0 Å². The van der Waals surface area contributed by atoms with Gasteiger partial charge in [0.15, 0.2) is 0 Å². The molecule has 2 aromatic rings. The lowest BCUT2D eigenvalue weighted by Crippen LogP contribution is -2.17. The third-order valence-electron chi connectivity index (χ3n) is 7.82. The van der Waals surface area contributed by atoms with Crippen LogP contribution in [0.5, 0.6) is 11.5 Å². The van der Waals surface area contributed by atoms with E-state index in [9.17, 15) is 0 Å². The Morgan fingerprint density at radius 1 is 0.703 bits per heavy atom. The highest BCUT2D eigenvalue weighted by atomic mass is 16.6. The van der Waals surface area contributed by atoms with Crippen LogP contribution in [0.1, 0.15) is 68.1 Å². The van der Waals surface area contributed by atoms with E-state index in [0.29, 0.717) is 51.5 Å². The Morgan fingerprint density at radius 2 is 1.22 bits per heavy atom. The summed E-state index contributed by atoms with van der Waals surface area (Å²) in [5.74, 6) is 3.11. The minimum absolute atomic E-state index is 0.0584. The topological polar surface area (TPSA) is 62.0 Å². The zero-order chi connectivity index (χ0) is 25.7. The SMILES string of the molecule is Cc1cc(C2CCC(c3ccc(OCCOCC4(C)CO4)cc3)CC2)ccc1OCCOCC1(C)CO1. The molecule has 1 saturated carbocycles. The van der Waals surface area contributed by atoms with Crippen LogP contribution in [0.3, 0.4) is 0 Å². The fourth-order valence-electron chi connectivity index (χ4n) is 5.10. The van der Waals surface area contributed by atoms with E-state index in [-0.39, 0.29) is 11.2 Å². The van der Waals surface area contributed by atoms with Crippen LogP contribution < -0.4 is 9.47 Å². The first-order valence-corrected chi connectivity index (χ1v) is 13.8. The normalized spacial score (nSPS) is 28.6. The number of hydrogen-bond acceptors (Lipinski definition) is 6. The zero-order valence-corrected chi connectivity index (χ0v) is 22.6. The van der Waals surface area contributed by atoms with Crippen molar-refractivity contribution in [2.45, 2.75) is 69.5 Å². The molecular weight excluding hydrogens is 468 g/mol. The van der Waals surface area contributed by atoms with Crippen molar-refractivity contribution >= 4 is 0 Å². The monoisotopic (exact) mass is 510 g/mol. The molecule has 0 bridgehead atoms. The van der Waals surface area contributed by atoms with Crippen molar-refractivity contribution < 1.29 is 28.4 Å². The predicted octanol–water partition coefficient (Wildman–Crippen LogP) is 5.81. The van der Waals surface area contributed by atoms with Gasteiger partial charge in [0, 0.05) is 0 Å². The second kappa shape index (κ2) is 11.7. The van der Waals surface area contributed by atoms with Gasteiger partial charge in [-0.15, -0.1) is 0 Å². The van der Waals surface area contributed by atoms with E-state index < -0.39 is 0 Å². The number of rotatable bonds is 14. The van der Waals surface area contributed by atoms with Gasteiger partial charge >= 0.3 is 0 Å². The molecule has 0 N–H and O–H groups in total. The maximum atomic E-state index is 5.96. The molecule has 2 aromatic carbocycles. The van der Waals surface area contributed by atoms with Crippen LogP contribution in [-0.2, 0) is 18.9 Å². The molecule has 2 saturated heterocycles. The second-order valence-corrected chi connectivity index (χ2v) is 11.4. The van der Waals surface area contributed by atoms with Gasteiger partial charge in [-0.25, -0.2) is 0 Å². The summed E-state index contributed by atoms with van der Waals surface area (Å²) in [6.07, 6.45) is 4.88. The first-order chi connectivity index (χ1) is 17.9. The summed E-state index contributed by atoms with van der Waals surface area (Å²) in [5, 5.41) is 0. The van der Waals surface area contributed by atoms with Gasteiger partial charge in [0.05, 0.1) is 39.6 Å². The number of hydrogen-bond donors (Lipinski definition) is 0. The van der Waals surface area contributed by atoms with Crippen LogP contribution in [0.2, 0.25) is 0 Å². The second-order valence-electron chi connectivity index (χ2n) is 11.4. The number of aryl methyl sites for hydroxylation is 1. The highest BCUT2D eigenvalue weighted by Gasteiger charge is 2.40. The molecule has 3 aliphatic rings. The summed E-state index contributed by atoms with van der Waals surface area (Å²) >= 11 is 0. The van der Waals surface area contributed by atoms with Crippen LogP contribution in [0.4, 0.5) is 0 Å². The molecule has 37 heavy (non-hydrogen) atoms. The number of benzene rings is 2. The largest absolute Gasteiger partial charge is 0.491 e. The molecule has 2 heterocycles. The lowest BCUT2D eigenvalue weighted by Gasteiger charge is -2.29. The van der Waals surface area contributed by atoms with E-state index in [0.717, 1.165) is 24.7 Å². The Hall–Kier alpha value is -2.12. The van der Waals surface area contributed by atoms with Crippen LogP contribution in [0.15, 0.2) is 42.5 Å². The van der Waals surface area contributed by atoms with Gasteiger partial charge in [-0.05, 0) is 93.2 Å². The molecule has 2 atom stereocenters. The quantitative estimate of drug-likeness (QED) is 0.236. The van der Waals surface area contributed by atoms with Crippen molar-refractivity contribution in [2.24, 2.45) is 0 Å². The van der Waals surface area contributed by atoms with Gasteiger partial charge in [0.1, 0.15) is 35.9 Å². The van der Waals surface area contributed by atoms with Crippen molar-refractivity contribution in [3.63, 3.8) is 0 Å². The average Bonchev–Trinajstić information content (AvgIpc) is 3.83. The number of epoxide rings is 2. The van der Waals surface area contributed by atoms with E-state index in [1.807, 2.05) is 0 Å². The van der Waals surface area contributed by atoms with E-state index in [1.165, 1.54) is 42.4 Å². The molecule has 2 unspecified atom stereocenters. The van der Waals surface area contributed by atoms with Gasteiger partial charge in [0.2, 0.25) is 0 Å². The van der Waals surface area contributed by atoms with Gasteiger partial charge in [0.25, 0.3) is 0 Å². The summed E-state index contributed by atoms with van der Waals surface area (Å²) in [6, 6.07) is 15.4. The molecule has 1 aliphatic carbocycles. The van der Waals surface area contributed by atoms with E-state index in [2.05, 4.69) is 63.2 Å². The molecular formula is C31H42O6. The van der Waals surface area contributed by atoms with Gasteiger partial charge < -0.3 is 28.4 Å². The standard InChI is InChI=1S/C31H42O6/c1-23-18-27(10-13-29(23)35-17-15-33-20-31(3)22-37-31)26-6-4-24(5-7-26)25-8-11-28(12-9-25)34-16-14-32-19-30(2)21-36-30/h8-13,18,24,26H,4-7,14-17,19-22H2,1-3H3. The molecule has 5 rings (SSSR count). The summed E-state index contributed by atoms with van der Waals surface area (Å²) in [4.78, 5) is 0. The van der Waals surface area contributed by atoms with Crippen molar-refractivity contribution in [1.29, 1.82) is 0 Å². The summed E-state index contributed by atoms with van der Waals surface area (Å²) in [7, 11) is 0. The molecule has 202 valence electrons. The van der Waals surface area contributed by atoms with Gasteiger partial charge in [-0.1, -0.05) is 24.3 Å². The molecule has 6 heteroatoms. The summed E-state index contributed by atoms with van der Waals surface area (Å²) < 4.78 is 33.8. The Morgan fingerprint density at radius 3 is 1.76 bits per heavy atom. The highest BCUT2D eigenvalue weighted by molar-refractivity contribution is 5.38. The first kappa shape index (κ1) is 26.5. The predicted molar refractivity (Wildman–Crippen MR) is 143 cm³/mol. The molecule has 6 nitrogen and oxygen atoms in total. The van der Waals surface area contributed by atoms with E-state index in [1.54, 1.807) is 0 Å². The van der Waals surface area contributed by atoms with Gasteiger partial charge in [-0.3, -0.25) is 0 Å². The molecule has 3 fully saturated rings. The maximum absolute atomic E-state index is 5.96. The molecule has 2 aliphatic heterocycles. The maximum Gasteiger partial charge on any atom is 0.122 e. The van der Waals surface area contributed by atoms with Gasteiger partial charge in [-0.2, -0.15) is 0 Å². The van der Waals surface area contributed by atoms with E-state index in [4.69, 9.17) is 28.4 Å². The minimum Gasteiger partial charge on any atom is -0.491 e. The van der Waals surface area contributed by atoms with Crippen LogP contribution >= 0.6 is 0 Å². The van der Waals surface area contributed by atoms with Crippen molar-refractivity contribution in [3.8, 4) is 11.5 Å². The Bertz CT molecular complexity index is 1000. The Labute approximate surface area is 221 Å². The average molecular weight is 511 g/mol. The molecule has 0 amide bonds. The van der Waals surface area contributed by atoms with Crippen molar-refractivity contribution in [1.82, 2.24) is 0 Å². The highest BCUT2D eigenvalue weighted by Crippen LogP contribution is 2.41. The lowest BCUT2D eigenvalue weighted by atomic mass is 9.76. The third kappa shape index (κ3) is 7.70. The lowest BCUT2D eigenvalue weighted by molar-refractivity contribution is 0.0638. The first-order valence-electron chi connectivity index (χ1n) is 13.8. The zero-order valence-electron chi connectivity index (χ0n) is 22.6. The molecule has 0 radical (unpaired) electrons. The van der Waals surface area contributed by atoms with Crippen molar-refractivity contribution in [3.05, 3.63) is 59.2 Å². The number of ether oxygens (including phenoxy) is 6. The van der Waals surface area contributed by atoms with Crippen LogP contribution in [-0.4, -0.2) is 64.1 Å². The van der Waals surface area contributed by atoms with Crippen molar-refractivity contribution in [2.75, 3.05) is 52.9 Å². The fraction of sp³-hybridized carbons (Fsp3) is 0.613. The smallest absolute Gasteiger partial charge is 0.122 e. The fourth-order valence-corrected chi connectivity index (χ4v) is 5.10. The van der Waals surface area contributed by atoms with Crippen LogP contribution in [0, 0.1) is 6.92 Å². The minimum atomic E-state index is -0.0613. The third-order valence-corrected chi connectivity index (χ3v) is 7.82.